The maximum Gasteiger partial charge on any atom is 0.185 e. The van der Waals surface area contributed by atoms with Gasteiger partial charge in [-0.1, -0.05) is 78.3 Å². The van der Waals surface area contributed by atoms with Gasteiger partial charge in [-0.15, -0.1) is 0 Å². The monoisotopic (exact) mass is 342 g/mol. The van der Waals surface area contributed by atoms with Crippen molar-refractivity contribution in [2.24, 2.45) is 0 Å². The molecule has 0 fully saturated rings. The van der Waals surface area contributed by atoms with E-state index in [1.807, 2.05) is 54.6 Å². The summed E-state index contributed by atoms with van der Waals surface area (Å²) in [5.41, 5.74) is 1.59. The van der Waals surface area contributed by atoms with Gasteiger partial charge in [0.25, 0.3) is 0 Å². The Labute approximate surface area is 151 Å². The average molecular weight is 343 g/mol. The number of hydrogen-bond acceptors (Lipinski definition) is 1. The fourth-order valence-corrected chi connectivity index (χ4v) is 3.23. The van der Waals surface area contributed by atoms with Crippen molar-refractivity contribution < 1.29 is 4.79 Å². The van der Waals surface area contributed by atoms with Gasteiger partial charge in [-0.25, -0.2) is 0 Å². The highest BCUT2D eigenvalue weighted by molar-refractivity contribution is 6.30. The smallest absolute Gasteiger partial charge is 0.185 e. The second kappa shape index (κ2) is 6.54. The molecule has 0 amide bonds. The van der Waals surface area contributed by atoms with Crippen molar-refractivity contribution in [3.63, 3.8) is 0 Å². The molecule has 0 aliphatic carbocycles. The summed E-state index contributed by atoms with van der Waals surface area (Å²) in [5, 5.41) is 5.23. The molecule has 4 rings (SSSR count). The van der Waals surface area contributed by atoms with E-state index >= 15 is 0 Å². The highest BCUT2D eigenvalue weighted by Crippen LogP contribution is 2.26. The van der Waals surface area contributed by atoms with E-state index < -0.39 is 0 Å². The van der Waals surface area contributed by atoms with Gasteiger partial charge in [0.05, 0.1) is 0 Å². The van der Waals surface area contributed by atoms with Crippen molar-refractivity contribution in [3.05, 3.63) is 101 Å². The number of carbonyl (C=O) groups excluding carboxylic acids is 1. The molecule has 4 aromatic carbocycles. The molecule has 0 N–H and O–H groups in total. The Balaban J connectivity index is 1.73. The predicted octanol–water partition coefficient (Wildman–Crippen LogP) is 6.54. The van der Waals surface area contributed by atoms with E-state index in [0.29, 0.717) is 10.6 Å². The predicted molar refractivity (Wildman–Crippen MR) is 106 cm³/mol. The molecule has 120 valence electrons. The molecule has 0 atom stereocenters. The van der Waals surface area contributed by atoms with Crippen LogP contribution in [0.1, 0.15) is 15.9 Å². The Morgan fingerprint density at radius 2 is 1.52 bits per heavy atom. The molecule has 0 spiro atoms. The normalized spacial score (nSPS) is 11.4. The molecule has 0 saturated carbocycles. The first-order valence-corrected chi connectivity index (χ1v) is 8.48. The molecule has 25 heavy (non-hydrogen) atoms. The van der Waals surface area contributed by atoms with Crippen molar-refractivity contribution in [2.45, 2.75) is 0 Å². The molecule has 0 aliphatic rings. The molecular formula is C23H15ClO. The molecular weight excluding hydrogens is 328 g/mol. The zero-order chi connectivity index (χ0) is 17.2. The molecule has 0 heterocycles. The standard InChI is InChI=1S/C23H15ClO/c24-20-6-3-4-16(14-20)8-13-23(25)19-12-11-18-10-9-17-5-1-2-7-21(17)22(18)15-19/h1-15H/b13-8-. The van der Waals surface area contributed by atoms with Gasteiger partial charge < -0.3 is 0 Å². The first-order chi connectivity index (χ1) is 12.2. The maximum atomic E-state index is 12.6. The van der Waals surface area contributed by atoms with Crippen molar-refractivity contribution in [3.8, 4) is 0 Å². The lowest BCUT2D eigenvalue weighted by atomic mass is 9.98. The van der Waals surface area contributed by atoms with Crippen LogP contribution in [-0.4, -0.2) is 5.78 Å². The summed E-state index contributed by atoms with van der Waals surface area (Å²) in [4.78, 5) is 12.6. The van der Waals surface area contributed by atoms with E-state index in [1.165, 1.54) is 5.39 Å². The molecule has 0 saturated heterocycles. The van der Waals surface area contributed by atoms with Crippen LogP contribution in [0.5, 0.6) is 0 Å². The molecule has 2 heteroatoms. The van der Waals surface area contributed by atoms with E-state index in [9.17, 15) is 4.79 Å². The summed E-state index contributed by atoms with van der Waals surface area (Å²) in [6.45, 7) is 0. The van der Waals surface area contributed by atoms with Gasteiger partial charge in [-0.2, -0.15) is 0 Å². The van der Waals surface area contributed by atoms with Gasteiger partial charge >= 0.3 is 0 Å². The number of fused-ring (bicyclic) bond motifs is 3. The number of rotatable bonds is 3. The summed E-state index contributed by atoms with van der Waals surface area (Å²) in [7, 11) is 0. The van der Waals surface area contributed by atoms with Crippen LogP contribution in [0.15, 0.2) is 84.9 Å². The van der Waals surface area contributed by atoms with Crippen LogP contribution in [0.3, 0.4) is 0 Å². The first-order valence-electron chi connectivity index (χ1n) is 8.10. The lowest BCUT2D eigenvalue weighted by Crippen LogP contribution is -1.94. The fraction of sp³-hybridized carbons (Fsp3) is 0. The van der Waals surface area contributed by atoms with Gasteiger partial charge in [-0.3, -0.25) is 4.79 Å². The molecule has 4 aromatic rings. The molecule has 1 nitrogen and oxygen atoms in total. The van der Waals surface area contributed by atoms with Gasteiger partial charge in [0, 0.05) is 10.6 Å². The largest absolute Gasteiger partial charge is 0.289 e. The van der Waals surface area contributed by atoms with E-state index in [0.717, 1.165) is 21.7 Å². The average Bonchev–Trinajstić information content (AvgIpc) is 2.65. The summed E-state index contributed by atoms with van der Waals surface area (Å²) >= 11 is 5.98. The number of halogens is 1. The van der Waals surface area contributed by atoms with E-state index in [-0.39, 0.29) is 5.78 Å². The Hall–Kier alpha value is -2.90. The van der Waals surface area contributed by atoms with Crippen LogP contribution in [0.4, 0.5) is 0 Å². The lowest BCUT2D eigenvalue weighted by molar-refractivity contribution is 0.104. The molecule has 0 aromatic heterocycles. The molecule has 0 unspecified atom stereocenters. The summed E-state index contributed by atoms with van der Waals surface area (Å²) in [6.07, 6.45) is 3.39. The number of hydrogen-bond donors (Lipinski definition) is 0. The van der Waals surface area contributed by atoms with Crippen molar-refractivity contribution >= 4 is 45.0 Å². The Morgan fingerprint density at radius 1 is 0.760 bits per heavy atom. The SMILES string of the molecule is O=C(/C=C\c1cccc(Cl)c1)c1ccc2ccc3ccccc3c2c1. The topological polar surface area (TPSA) is 17.1 Å². The number of allylic oxidation sites excluding steroid dienone is 1. The summed E-state index contributed by atoms with van der Waals surface area (Å²) in [5.74, 6) is -0.0187. The minimum atomic E-state index is -0.0187. The third kappa shape index (κ3) is 3.19. The number of carbonyl (C=O) groups is 1. The quantitative estimate of drug-likeness (QED) is 0.234. The summed E-state index contributed by atoms with van der Waals surface area (Å²) in [6, 6.07) is 25.7. The highest BCUT2D eigenvalue weighted by Gasteiger charge is 2.06. The minimum absolute atomic E-state index is 0.0187. The van der Waals surface area contributed by atoms with Crippen molar-refractivity contribution in [2.75, 3.05) is 0 Å². The van der Waals surface area contributed by atoms with E-state index in [4.69, 9.17) is 11.6 Å². The third-order valence-electron chi connectivity index (χ3n) is 4.31. The maximum absolute atomic E-state index is 12.6. The van der Waals surface area contributed by atoms with Crippen LogP contribution >= 0.6 is 11.6 Å². The summed E-state index contributed by atoms with van der Waals surface area (Å²) < 4.78 is 0. The second-order valence-electron chi connectivity index (χ2n) is 5.98. The van der Waals surface area contributed by atoms with E-state index in [1.54, 1.807) is 12.2 Å². The van der Waals surface area contributed by atoms with Gasteiger partial charge in [0.2, 0.25) is 0 Å². The van der Waals surface area contributed by atoms with Gasteiger partial charge in [0.15, 0.2) is 5.78 Å². The van der Waals surface area contributed by atoms with Gasteiger partial charge in [-0.05, 0) is 51.4 Å². The fourth-order valence-electron chi connectivity index (χ4n) is 3.03. The Bertz CT molecular complexity index is 1130. The van der Waals surface area contributed by atoms with Crippen molar-refractivity contribution in [1.29, 1.82) is 0 Å². The minimum Gasteiger partial charge on any atom is -0.289 e. The van der Waals surface area contributed by atoms with Crippen LogP contribution in [0.2, 0.25) is 5.02 Å². The molecule has 0 radical (unpaired) electrons. The first kappa shape index (κ1) is 15.6. The van der Waals surface area contributed by atoms with Crippen LogP contribution in [0, 0.1) is 0 Å². The van der Waals surface area contributed by atoms with E-state index in [2.05, 4.69) is 24.3 Å². The third-order valence-corrected chi connectivity index (χ3v) is 4.54. The Kier molecular flexibility index (Phi) is 4.09. The highest BCUT2D eigenvalue weighted by atomic mass is 35.5. The Morgan fingerprint density at radius 3 is 2.36 bits per heavy atom. The van der Waals surface area contributed by atoms with Crippen LogP contribution in [0.25, 0.3) is 27.6 Å². The van der Waals surface area contributed by atoms with Crippen LogP contribution < -0.4 is 0 Å². The number of benzene rings is 4. The second-order valence-corrected chi connectivity index (χ2v) is 6.41. The van der Waals surface area contributed by atoms with Gasteiger partial charge in [0.1, 0.15) is 0 Å². The lowest BCUT2D eigenvalue weighted by Gasteiger charge is -2.05. The molecule has 0 bridgehead atoms. The van der Waals surface area contributed by atoms with Crippen molar-refractivity contribution in [1.82, 2.24) is 0 Å². The zero-order valence-electron chi connectivity index (χ0n) is 13.4. The zero-order valence-corrected chi connectivity index (χ0v) is 14.2. The van der Waals surface area contributed by atoms with Crippen LogP contribution in [-0.2, 0) is 0 Å². The number of ketones is 1. The molecule has 0 aliphatic heterocycles.